The number of fused-ring (bicyclic) bond motifs is 1. The Hall–Kier alpha value is -0.0800. The zero-order valence-electron chi connectivity index (χ0n) is 11.7. The van der Waals surface area contributed by atoms with Gasteiger partial charge in [0.05, 0.1) is 0 Å². The highest BCUT2D eigenvalue weighted by Crippen LogP contribution is 2.40. The molecule has 0 aromatic heterocycles. The maximum Gasteiger partial charge on any atom is 0.0495 e. The molecule has 1 N–H and O–H groups in total. The smallest absolute Gasteiger partial charge is 0.0495 e. The lowest BCUT2D eigenvalue weighted by Gasteiger charge is -2.39. The summed E-state index contributed by atoms with van der Waals surface area (Å²) < 4.78 is 5.44. The van der Waals surface area contributed by atoms with E-state index < -0.39 is 0 Å². The highest BCUT2D eigenvalue weighted by Gasteiger charge is 2.31. The van der Waals surface area contributed by atoms with E-state index in [1.54, 1.807) is 0 Å². The van der Waals surface area contributed by atoms with Crippen LogP contribution in [0.4, 0.5) is 0 Å². The molecule has 1 aliphatic heterocycles. The maximum atomic E-state index is 5.44. The lowest BCUT2D eigenvalue weighted by Crippen LogP contribution is -2.39. The van der Waals surface area contributed by atoms with Crippen molar-refractivity contribution in [3.63, 3.8) is 0 Å². The van der Waals surface area contributed by atoms with E-state index in [0.29, 0.717) is 0 Å². The summed E-state index contributed by atoms with van der Waals surface area (Å²) in [5, 5.41) is 3.83. The Morgan fingerprint density at radius 3 is 2.67 bits per heavy atom. The second kappa shape index (κ2) is 6.38. The average Bonchev–Trinajstić information content (AvgIpc) is 2.92. The summed E-state index contributed by atoms with van der Waals surface area (Å²) in [4.78, 5) is 0. The van der Waals surface area contributed by atoms with Gasteiger partial charge in [0.25, 0.3) is 0 Å². The van der Waals surface area contributed by atoms with E-state index in [9.17, 15) is 0 Å². The summed E-state index contributed by atoms with van der Waals surface area (Å²) in [6.07, 6.45) is 13.0. The Morgan fingerprint density at radius 1 is 0.944 bits per heavy atom. The van der Waals surface area contributed by atoms with Gasteiger partial charge in [0.1, 0.15) is 0 Å². The number of nitrogens with one attached hydrogen (secondary N) is 1. The topological polar surface area (TPSA) is 21.3 Å². The Kier molecular flexibility index (Phi) is 4.58. The van der Waals surface area contributed by atoms with Crippen LogP contribution in [0.3, 0.4) is 0 Å². The minimum atomic E-state index is 0.826. The standard InChI is InChI=1S/C16H29NO/c1-2-4-15-11-16(6-5-14(15)3-1)17-9-7-13-8-10-18-12-13/h13-17H,1-12H2. The third kappa shape index (κ3) is 3.27. The van der Waals surface area contributed by atoms with Crippen molar-refractivity contribution in [3.05, 3.63) is 0 Å². The lowest BCUT2D eigenvalue weighted by molar-refractivity contribution is 0.142. The molecule has 3 rings (SSSR count). The first-order chi connectivity index (χ1) is 8.92. The molecule has 0 radical (unpaired) electrons. The average molecular weight is 251 g/mol. The summed E-state index contributed by atoms with van der Waals surface area (Å²) in [7, 11) is 0. The fraction of sp³-hybridized carbons (Fsp3) is 1.00. The van der Waals surface area contributed by atoms with E-state index >= 15 is 0 Å². The second-order valence-corrected chi connectivity index (χ2v) is 6.79. The number of hydrogen-bond donors (Lipinski definition) is 1. The predicted molar refractivity (Wildman–Crippen MR) is 74.6 cm³/mol. The van der Waals surface area contributed by atoms with Crippen LogP contribution in [0.25, 0.3) is 0 Å². The highest BCUT2D eigenvalue weighted by molar-refractivity contribution is 4.86. The Bertz CT molecular complexity index is 249. The summed E-state index contributed by atoms with van der Waals surface area (Å²) >= 11 is 0. The number of ether oxygens (including phenoxy) is 1. The molecule has 2 aliphatic carbocycles. The molecule has 3 aliphatic rings. The molecule has 0 aromatic carbocycles. The van der Waals surface area contributed by atoms with Crippen LogP contribution in [-0.4, -0.2) is 25.8 Å². The third-order valence-electron chi connectivity index (χ3n) is 5.55. The van der Waals surface area contributed by atoms with E-state index in [1.165, 1.54) is 64.3 Å². The summed E-state index contributed by atoms with van der Waals surface area (Å²) in [5.41, 5.74) is 0. The van der Waals surface area contributed by atoms with Gasteiger partial charge >= 0.3 is 0 Å². The Labute approximate surface area is 112 Å². The molecule has 0 amide bonds. The predicted octanol–water partition coefficient (Wildman–Crippen LogP) is 3.36. The minimum absolute atomic E-state index is 0.826. The van der Waals surface area contributed by atoms with Gasteiger partial charge in [0, 0.05) is 19.3 Å². The van der Waals surface area contributed by atoms with Crippen molar-refractivity contribution in [3.8, 4) is 0 Å². The van der Waals surface area contributed by atoms with E-state index in [2.05, 4.69) is 5.32 Å². The quantitative estimate of drug-likeness (QED) is 0.827. The van der Waals surface area contributed by atoms with Crippen molar-refractivity contribution in [2.45, 2.75) is 63.8 Å². The molecule has 1 heterocycles. The van der Waals surface area contributed by atoms with Gasteiger partial charge in [-0.1, -0.05) is 25.7 Å². The van der Waals surface area contributed by atoms with E-state index in [1.807, 2.05) is 0 Å². The minimum Gasteiger partial charge on any atom is -0.381 e. The lowest BCUT2D eigenvalue weighted by atomic mass is 9.69. The van der Waals surface area contributed by atoms with Crippen LogP contribution in [0.2, 0.25) is 0 Å². The molecule has 1 saturated heterocycles. The molecule has 0 spiro atoms. The summed E-state index contributed by atoms with van der Waals surface area (Å²) in [5.74, 6) is 2.98. The van der Waals surface area contributed by atoms with Crippen LogP contribution >= 0.6 is 0 Å². The van der Waals surface area contributed by atoms with Gasteiger partial charge in [-0.2, -0.15) is 0 Å². The van der Waals surface area contributed by atoms with Crippen molar-refractivity contribution in [1.29, 1.82) is 0 Å². The van der Waals surface area contributed by atoms with Gasteiger partial charge in [-0.3, -0.25) is 0 Å². The summed E-state index contributed by atoms with van der Waals surface area (Å²) in [6.45, 7) is 3.23. The largest absolute Gasteiger partial charge is 0.381 e. The van der Waals surface area contributed by atoms with Crippen LogP contribution in [0, 0.1) is 17.8 Å². The number of rotatable bonds is 4. The van der Waals surface area contributed by atoms with Crippen LogP contribution in [0.1, 0.15) is 57.8 Å². The third-order valence-corrected chi connectivity index (χ3v) is 5.55. The van der Waals surface area contributed by atoms with Gasteiger partial charge in [-0.25, -0.2) is 0 Å². The van der Waals surface area contributed by atoms with E-state index in [4.69, 9.17) is 4.74 Å². The van der Waals surface area contributed by atoms with Gasteiger partial charge in [0.15, 0.2) is 0 Å². The fourth-order valence-electron chi connectivity index (χ4n) is 4.36. The van der Waals surface area contributed by atoms with Gasteiger partial charge in [-0.15, -0.1) is 0 Å². The molecule has 2 heteroatoms. The molecule has 3 fully saturated rings. The number of hydrogen-bond acceptors (Lipinski definition) is 2. The molecule has 18 heavy (non-hydrogen) atoms. The van der Waals surface area contributed by atoms with E-state index in [0.717, 1.165) is 37.0 Å². The molecular formula is C16H29NO. The molecule has 4 atom stereocenters. The van der Waals surface area contributed by atoms with Crippen LogP contribution in [0.15, 0.2) is 0 Å². The normalized spacial score (nSPS) is 40.7. The van der Waals surface area contributed by atoms with Gasteiger partial charge in [0.2, 0.25) is 0 Å². The molecule has 2 nitrogen and oxygen atoms in total. The van der Waals surface area contributed by atoms with E-state index in [-0.39, 0.29) is 0 Å². The molecule has 4 unspecified atom stereocenters. The molecular weight excluding hydrogens is 222 g/mol. The van der Waals surface area contributed by atoms with Gasteiger partial charge in [-0.05, 0) is 56.4 Å². The zero-order chi connectivity index (χ0) is 12.2. The van der Waals surface area contributed by atoms with Crippen molar-refractivity contribution in [2.24, 2.45) is 17.8 Å². The molecule has 0 bridgehead atoms. The van der Waals surface area contributed by atoms with Crippen LogP contribution in [0.5, 0.6) is 0 Å². The molecule has 0 aromatic rings. The zero-order valence-corrected chi connectivity index (χ0v) is 11.7. The first-order valence-corrected chi connectivity index (χ1v) is 8.23. The molecule has 2 saturated carbocycles. The second-order valence-electron chi connectivity index (χ2n) is 6.79. The first-order valence-electron chi connectivity index (χ1n) is 8.23. The van der Waals surface area contributed by atoms with Crippen LogP contribution < -0.4 is 5.32 Å². The molecule has 104 valence electrons. The van der Waals surface area contributed by atoms with Crippen LogP contribution in [-0.2, 0) is 4.74 Å². The SMILES string of the molecule is C1CCC2CC(NCCC3CCOC3)CCC2C1. The fourth-order valence-corrected chi connectivity index (χ4v) is 4.36. The maximum absolute atomic E-state index is 5.44. The van der Waals surface area contributed by atoms with Gasteiger partial charge < -0.3 is 10.1 Å². The Morgan fingerprint density at radius 2 is 1.83 bits per heavy atom. The van der Waals surface area contributed by atoms with Crippen molar-refractivity contribution >= 4 is 0 Å². The highest BCUT2D eigenvalue weighted by atomic mass is 16.5. The van der Waals surface area contributed by atoms with Crippen molar-refractivity contribution < 1.29 is 4.74 Å². The van der Waals surface area contributed by atoms with Crippen molar-refractivity contribution in [2.75, 3.05) is 19.8 Å². The first kappa shape index (κ1) is 12.9. The summed E-state index contributed by atoms with van der Waals surface area (Å²) in [6, 6.07) is 0.826. The Balaban J connectivity index is 1.35. The monoisotopic (exact) mass is 251 g/mol. The van der Waals surface area contributed by atoms with Crippen molar-refractivity contribution in [1.82, 2.24) is 5.32 Å².